The lowest BCUT2D eigenvalue weighted by atomic mass is 9.95. The summed E-state index contributed by atoms with van der Waals surface area (Å²) < 4.78 is 0. The minimum absolute atomic E-state index is 1.02. The third-order valence-electron chi connectivity index (χ3n) is 4.83. The summed E-state index contributed by atoms with van der Waals surface area (Å²) in [5.41, 5.74) is 9.84. The molecule has 0 bridgehead atoms. The molecule has 0 heteroatoms. The molecule has 0 aliphatic rings. The second-order valence-corrected chi connectivity index (χ2v) is 6.85. The van der Waals surface area contributed by atoms with Gasteiger partial charge in [0.2, 0.25) is 0 Å². The van der Waals surface area contributed by atoms with Crippen LogP contribution in [0.4, 0.5) is 0 Å². The molecule has 0 amide bonds. The normalized spacial score (nSPS) is 10.8. The van der Waals surface area contributed by atoms with Gasteiger partial charge in [-0.05, 0) is 73.4 Å². The van der Waals surface area contributed by atoms with Gasteiger partial charge in [0.05, 0.1) is 0 Å². The van der Waals surface area contributed by atoms with E-state index in [-0.39, 0.29) is 0 Å². The molecule has 122 valence electrons. The molecule has 0 aliphatic carbocycles. The van der Waals surface area contributed by atoms with Gasteiger partial charge in [0, 0.05) is 0 Å². The summed E-state index contributed by atoms with van der Waals surface area (Å²) >= 11 is 0. The minimum atomic E-state index is 1.02. The first-order valence-corrected chi connectivity index (χ1v) is 8.80. The summed E-state index contributed by atoms with van der Waals surface area (Å²) in [6, 6.07) is 24.5. The van der Waals surface area contributed by atoms with Crippen LogP contribution in [0.2, 0.25) is 0 Å². The molecule has 0 atom stereocenters. The third-order valence-corrected chi connectivity index (χ3v) is 4.83. The van der Waals surface area contributed by atoms with E-state index in [0.717, 1.165) is 19.3 Å². The Morgan fingerprint density at radius 1 is 0.583 bits per heavy atom. The average Bonchev–Trinajstić information content (AvgIpc) is 2.58. The maximum absolute atomic E-state index is 2.38. The van der Waals surface area contributed by atoms with Crippen molar-refractivity contribution in [3.63, 3.8) is 0 Å². The van der Waals surface area contributed by atoms with Gasteiger partial charge in [-0.2, -0.15) is 0 Å². The molecule has 0 aromatic heterocycles. The van der Waals surface area contributed by atoms with Crippen LogP contribution in [0.3, 0.4) is 0 Å². The zero-order valence-electron chi connectivity index (χ0n) is 15.0. The molecule has 0 unspecified atom stereocenters. The Labute approximate surface area is 146 Å². The van der Waals surface area contributed by atoms with Crippen LogP contribution in [0.1, 0.15) is 38.9 Å². The molecule has 0 saturated heterocycles. The Morgan fingerprint density at radius 3 is 2.17 bits per heavy atom. The van der Waals surface area contributed by atoms with Crippen LogP contribution in [0, 0.1) is 20.8 Å². The van der Waals surface area contributed by atoms with E-state index in [4.69, 9.17) is 0 Å². The number of rotatable bonds is 5. The van der Waals surface area contributed by atoms with Crippen LogP contribution in [0.25, 0.3) is 0 Å². The van der Waals surface area contributed by atoms with Gasteiger partial charge < -0.3 is 0 Å². The fourth-order valence-electron chi connectivity index (χ4n) is 3.28. The molecule has 0 aliphatic heterocycles. The van der Waals surface area contributed by atoms with Crippen molar-refractivity contribution < 1.29 is 0 Å². The molecule has 3 aromatic carbocycles. The quantitative estimate of drug-likeness (QED) is 0.543. The van der Waals surface area contributed by atoms with Crippen LogP contribution in [0.15, 0.2) is 66.7 Å². The third kappa shape index (κ3) is 4.14. The Bertz CT molecular complexity index is 827. The lowest BCUT2D eigenvalue weighted by Gasteiger charge is -2.10. The highest BCUT2D eigenvalue weighted by Crippen LogP contribution is 2.18. The number of hydrogen-bond donors (Lipinski definition) is 0. The van der Waals surface area contributed by atoms with Crippen molar-refractivity contribution in [3.8, 4) is 0 Å². The molecule has 0 fully saturated rings. The van der Waals surface area contributed by atoms with E-state index in [1.54, 1.807) is 0 Å². The summed E-state index contributed by atoms with van der Waals surface area (Å²) in [5.74, 6) is 0. The molecule has 24 heavy (non-hydrogen) atoms. The van der Waals surface area contributed by atoms with E-state index in [2.05, 4.69) is 87.5 Å². The van der Waals surface area contributed by atoms with Crippen LogP contribution in [0.5, 0.6) is 0 Å². The van der Waals surface area contributed by atoms with Crippen LogP contribution in [-0.2, 0) is 19.3 Å². The van der Waals surface area contributed by atoms with E-state index in [1.807, 2.05) is 0 Å². The van der Waals surface area contributed by atoms with E-state index in [0.29, 0.717) is 0 Å². The average molecular weight is 314 g/mol. The SMILES string of the molecule is Cc1ccc(C)c(Cc2cccc(CCc3ccccc3C)c2)c1. The first-order chi connectivity index (χ1) is 11.6. The summed E-state index contributed by atoms with van der Waals surface area (Å²) in [4.78, 5) is 0. The largest absolute Gasteiger partial charge is 0.0620 e. The molecule has 0 radical (unpaired) electrons. The number of hydrogen-bond acceptors (Lipinski definition) is 0. The molecule has 0 heterocycles. The highest BCUT2D eigenvalue weighted by molar-refractivity contribution is 5.36. The van der Waals surface area contributed by atoms with E-state index >= 15 is 0 Å². The Hall–Kier alpha value is -2.34. The van der Waals surface area contributed by atoms with Gasteiger partial charge in [-0.3, -0.25) is 0 Å². The standard InChI is InChI=1S/C24H26/c1-18-11-12-20(3)24(15-18)17-22-9-6-8-21(16-22)13-14-23-10-5-4-7-19(23)2/h4-12,15-16H,13-14,17H2,1-3H3. The predicted octanol–water partition coefficient (Wildman–Crippen LogP) is 5.99. The van der Waals surface area contributed by atoms with Gasteiger partial charge in [0.25, 0.3) is 0 Å². The van der Waals surface area contributed by atoms with Crippen molar-refractivity contribution in [2.24, 2.45) is 0 Å². The zero-order valence-corrected chi connectivity index (χ0v) is 15.0. The van der Waals surface area contributed by atoms with E-state index in [1.165, 1.54) is 38.9 Å². The van der Waals surface area contributed by atoms with Crippen LogP contribution < -0.4 is 0 Å². The molecule has 0 spiro atoms. The first kappa shape index (κ1) is 16.5. The summed E-state index contributed by atoms with van der Waals surface area (Å²) in [5, 5.41) is 0. The lowest BCUT2D eigenvalue weighted by molar-refractivity contribution is 0.944. The summed E-state index contributed by atoms with van der Waals surface area (Å²) in [7, 11) is 0. The monoisotopic (exact) mass is 314 g/mol. The maximum Gasteiger partial charge on any atom is -0.00230 e. The van der Waals surface area contributed by atoms with Gasteiger partial charge >= 0.3 is 0 Å². The van der Waals surface area contributed by atoms with Crippen molar-refractivity contribution in [1.29, 1.82) is 0 Å². The Morgan fingerprint density at radius 2 is 1.33 bits per heavy atom. The molecule has 0 N–H and O–H groups in total. The first-order valence-electron chi connectivity index (χ1n) is 8.80. The lowest BCUT2D eigenvalue weighted by Crippen LogP contribution is -1.97. The molecule has 3 rings (SSSR count). The fourth-order valence-corrected chi connectivity index (χ4v) is 3.28. The molecule has 0 nitrogen and oxygen atoms in total. The van der Waals surface area contributed by atoms with Crippen molar-refractivity contribution in [2.75, 3.05) is 0 Å². The van der Waals surface area contributed by atoms with Gasteiger partial charge in [-0.1, -0.05) is 72.3 Å². The topological polar surface area (TPSA) is 0 Å². The summed E-state index contributed by atoms with van der Waals surface area (Å²) in [6.45, 7) is 6.57. The molecule has 0 saturated carbocycles. The highest BCUT2D eigenvalue weighted by atomic mass is 14.1. The highest BCUT2D eigenvalue weighted by Gasteiger charge is 2.03. The van der Waals surface area contributed by atoms with E-state index < -0.39 is 0 Å². The second kappa shape index (κ2) is 7.49. The van der Waals surface area contributed by atoms with Crippen molar-refractivity contribution in [1.82, 2.24) is 0 Å². The minimum Gasteiger partial charge on any atom is -0.0620 e. The molecular formula is C24H26. The predicted molar refractivity (Wildman–Crippen MR) is 104 cm³/mol. The van der Waals surface area contributed by atoms with E-state index in [9.17, 15) is 0 Å². The van der Waals surface area contributed by atoms with Crippen LogP contribution in [-0.4, -0.2) is 0 Å². The van der Waals surface area contributed by atoms with Crippen molar-refractivity contribution in [3.05, 3.63) is 106 Å². The molecule has 3 aromatic rings. The Balaban J connectivity index is 1.72. The number of benzene rings is 3. The maximum atomic E-state index is 2.38. The second-order valence-electron chi connectivity index (χ2n) is 6.85. The van der Waals surface area contributed by atoms with Crippen LogP contribution >= 0.6 is 0 Å². The van der Waals surface area contributed by atoms with Gasteiger partial charge in [0.1, 0.15) is 0 Å². The van der Waals surface area contributed by atoms with Gasteiger partial charge in [-0.15, -0.1) is 0 Å². The van der Waals surface area contributed by atoms with Gasteiger partial charge in [0.15, 0.2) is 0 Å². The molecular weight excluding hydrogens is 288 g/mol. The Kier molecular flexibility index (Phi) is 5.15. The summed E-state index contributed by atoms with van der Waals surface area (Å²) in [6.07, 6.45) is 3.23. The van der Waals surface area contributed by atoms with Crippen molar-refractivity contribution >= 4 is 0 Å². The fraction of sp³-hybridized carbons (Fsp3) is 0.250. The zero-order chi connectivity index (χ0) is 16.9. The number of aryl methyl sites for hydroxylation is 5. The van der Waals surface area contributed by atoms with Gasteiger partial charge in [-0.25, -0.2) is 0 Å². The smallest absolute Gasteiger partial charge is 0.00230 e. The van der Waals surface area contributed by atoms with Crippen molar-refractivity contribution in [2.45, 2.75) is 40.0 Å².